The van der Waals surface area contributed by atoms with Gasteiger partial charge in [0, 0.05) is 51.8 Å². The van der Waals surface area contributed by atoms with Crippen molar-refractivity contribution in [1.82, 2.24) is 10.2 Å². The van der Waals surface area contributed by atoms with E-state index in [4.69, 9.17) is 9.47 Å². The molecule has 23 heavy (non-hydrogen) atoms. The average Bonchev–Trinajstić information content (AvgIpc) is 3.00. The number of rotatable bonds is 1. The number of carbonyl (C=O) groups is 2. The molecule has 2 amide bonds. The van der Waals surface area contributed by atoms with Gasteiger partial charge in [-0.3, -0.25) is 9.59 Å². The van der Waals surface area contributed by atoms with Gasteiger partial charge in [0.25, 0.3) is 5.91 Å². The zero-order valence-electron chi connectivity index (χ0n) is 13.6. The molecule has 3 aliphatic heterocycles. The summed E-state index contributed by atoms with van der Waals surface area (Å²) in [5.41, 5.74) is -0.511. The average molecular weight is 320 g/mol. The van der Waals surface area contributed by atoms with E-state index in [-0.39, 0.29) is 23.7 Å². The number of hydrogen-bond donors (Lipinski definition) is 1. The van der Waals surface area contributed by atoms with E-state index >= 15 is 0 Å². The smallest absolute Gasteiger partial charge is 0.298 e. The molecule has 2 atom stereocenters. The monoisotopic (exact) mass is 320 g/mol. The van der Waals surface area contributed by atoms with Crippen molar-refractivity contribution in [2.45, 2.75) is 19.3 Å². The largest absolute Gasteiger partial charge is 0.381 e. The second kappa shape index (κ2) is 6.90. The van der Waals surface area contributed by atoms with Gasteiger partial charge in [-0.05, 0) is 25.2 Å². The molecule has 126 valence electrons. The summed E-state index contributed by atoms with van der Waals surface area (Å²) in [6, 6.07) is 0. The Morgan fingerprint density at radius 1 is 1.22 bits per heavy atom. The Labute approximate surface area is 136 Å². The second-order valence-corrected chi connectivity index (χ2v) is 6.60. The Morgan fingerprint density at radius 3 is 2.74 bits per heavy atom. The maximum absolute atomic E-state index is 12.4. The molecule has 6 nitrogen and oxygen atoms in total. The van der Waals surface area contributed by atoms with Gasteiger partial charge in [0.15, 0.2) is 0 Å². The standard InChI is InChI=1S/C17H24N2O4/c1-18-16(21)17-6-9-23-11-14(17)10-19(12-17)15(20)3-2-13-4-7-22-8-5-13/h13-14H,4-12H2,1H3,(H,18,21)/t14-,17+/m1/s1. The number of hydrogen-bond acceptors (Lipinski definition) is 4. The van der Waals surface area contributed by atoms with Gasteiger partial charge in [-0.25, -0.2) is 0 Å². The molecule has 0 saturated carbocycles. The fourth-order valence-electron chi connectivity index (χ4n) is 3.81. The summed E-state index contributed by atoms with van der Waals surface area (Å²) < 4.78 is 10.8. The molecule has 6 heteroatoms. The lowest BCUT2D eigenvalue weighted by Crippen LogP contribution is -2.49. The predicted octanol–water partition coefficient (Wildman–Crippen LogP) is 0.0275. The van der Waals surface area contributed by atoms with Gasteiger partial charge in [-0.15, -0.1) is 0 Å². The zero-order valence-corrected chi connectivity index (χ0v) is 13.6. The van der Waals surface area contributed by atoms with Gasteiger partial charge in [0.05, 0.1) is 12.0 Å². The van der Waals surface area contributed by atoms with Crippen molar-refractivity contribution in [3.05, 3.63) is 0 Å². The molecule has 0 aromatic carbocycles. The highest BCUT2D eigenvalue weighted by molar-refractivity contribution is 5.95. The molecule has 0 unspecified atom stereocenters. The Bertz CT molecular complexity index is 532. The molecule has 0 aromatic heterocycles. The summed E-state index contributed by atoms with van der Waals surface area (Å²) in [7, 11) is 1.65. The second-order valence-electron chi connectivity index (χ2n) is 6.60. The van der Waals surface area contributed by atoms with Gasteiger partial charge in [0.1, 0.15) is 0 Å². The highest BCUT2D eigenvalue weighted by atomic mass is 16.5. The van der Waals surface area contributed by atoms with Crippen LogP contribution < -0.4 is 5.32 Å². The molecule has 0 radical (unpaired) electrons. The van der Waals surface area contributed by atoms with Gasteiger partial charge in [0.2, 0.25) is 5.91 Å². The van der Waals surface area contributed by atoms with Crippen molar-refractivity contribution in [2.75, 3.05) is 46.6 Å². The topological polar surface area (TPSA) is 67.9 Å². The van der Waals surface area contributed by atoms with E-state index in [1.807, 2.05) is 0 Å². The van der Waals surface area contributed by atoms with Crippen LogP contribution in [0.1, 0.15) is 19.3 Å². The summed E-state index contributed by atoms with van der Waals surface area (Å²) in [5.74, 6) is 6.01. The number of nitrogens with one attached hydrogen (secondary N) is 1. The zero-order chi connectivity index (χ0) is 16.3. The summed E-state index contributed by atoms with van der Waals surface area (Å²) in [4.78, 5) is 26.5. The molecular formula is C17H24N2O4. The fraction of sp³-hybridized carbons (Fsp3) is 0.765. The molecule has 3 heterocycles. The van der Waals surface area contributed by atoms with E-state index < -0.39 is 5.41 Å². The molecule has 0 bridgehead atoms. The van der Waals surface area contributed by atoms with Crippen LogP contribution >= 0.6 is 0 Å². The first-order valence-corrected chi connectivity index (χ1v) is 8.34. The van der Waals surface area contributed by atoms with E-state index in [1.54, 1.807) is 11.9 Å². The van der Waals surface area contributed by atoms with Crippen LogP contribution in [0.4, 0.5) is 0 Å². The minimum absolute atomic E-state index is 0.0125. The van der Waals surface area contributed by atoms with E-state index in [9.17, 15) is 9.59 Å². The number of fused-ring (bicyclic) bond motifs is 1. The predicted molar refractivity (Wildman–Crippen MR) is 83.3 cm³/mol. The Kier molecular flexibility index (Phi) is 4.88. The lowest BCUT2D eigenvalue weighted by atomic mass is 9.73. The van der Waals surface area contributed by atoms with Crippen LogP contribution in [0.2, 0.25) is 0 Å². The third kappa shape index (κ3) is 3.22. The van der Waals surface area contributed by atoms with Crippen LogP contribution in [0.15, 0.2) is 0 Å². The third-order valence-electron chi connectivity index (χ3n) is 5.28. The number of ether oxygens (including phenoxy) is 2. The minimum Gasteiger partial charge on any atom is -0.381 e. The number of amides is 2. The lowest BCUT2D eigenvalue weighted by molar-refractivity contribution is -0.138. The minimum atomic E-state index is -0.511. The van der Waals surface area contributed by atoms with Crippen LogP contribution in [0.3, 0.4) is 0 Å². The highest BCUT2D eigenvalue weighted by Crippen LogP contribution is 2.42. The van der Waals surface area contributed by atoms with E-state index in [2.05, 4.69) is 17.2 Å². The first kappa shape index (κ1) is 16.3. The molecule has 0 spiro atoms. The van der Waals surface area contributed by atoms with Crippen molar-refractivity contribution < 1.29 is 19.1 Å². The molecule has 3 saturated heterocycles. The van der Waals surface area contributed by atoms with Crippen LogP contribution in [-0.2, 0) is 19.1 Å². The van der Waals surface area contributed by atoms with Gasteiger partial charge in [-0.2, -0.15) is 0 Å². The molecule has 3 rings (SSSR count). The van der Waals surface area contributed by atoms with Crippen molar-refractivity contribution >= 4 is 11.8 Å². The first-order valence-electron chi connectivity index (χ1n) is 8.34. The SMILES string of the molecule is CNC(=O)[C@]12CCOC[C@H]1CN(C(=O)C#CC1CCOCC1)C2. The van der Waals surface area contributed by atoms with Crippen LogP contribution in [0, 0.1) is 29.1 Å². The fourth-order valence-corrected chi connectivity index (χ4v) is 3.81. The maximum atomic E-state index is 12.4. The Balaban J connectivity index is 1.68. The highest BCUT2D eigenvalue weighted by Gasteiger charge is 2.54. The van der Waals surface area contributed by atoms with E-state index in [1.165, 1.54) is 0 Å². The van der Waals surface area contributed by atoms with Gasteiger partial charge in [-0.1, -0.05) is 5.92 Å². The summed E-state index contributed by atoms with van der Waals surface area (Å²) in [5, 5.41) is 2.76. The molecule has 3 fully saturated rings. The van der Waals surface area contributed by atoms with Crippen LogP contribution in [0.5, 0.6) is 0 Å². The molecule has 3 aliphatic rings. The van der Waals surface area contributed by atoms with Crippen LogP contribution in [-0.4, -0.2) is 63.3 Å². The van der Waals surface area contributed by atoms with Crippen molar-refractivity contribution in [3.8, 4) is 11.8 Å². The third-order valence-corrected chi connectivity index (χ3v) is 5.28. The summed E-state index contributed by atoms with van der Waals surface area (Å²) in [6.07, 6.45) is 2.44. The summed E-state index contributed by atoms with van der Waals surface area (Å²) >= 11 is 0. The Hall–Kier alpha value is -1.58. The molecule has 0 aliphatic carbocycles. The van der Waals surface area contributed by atoms with E-state index in [0.29, 0.717) is 32.7 Å². The first-order chi connectivity index (χ1) is 11.2. The normalized spacial score (nSPS) is 31.0. The van der Waals surface area contributed by atoms with Gasteiger partial charge < -0.3 is 19.7 Å². The van der Waals surface area contributed by atoms with Crippen molar-refractivity contribution in [2.24, 2.45) is 17.3 Å². The number of nitrogens with zero attached hydrogens (tertiary/aromatic N) is 1. The maximum Gasteiger partial charge on any atom is 0.298 e. The van der Waals surface area contributed by atoms with Gasteiger partial charge >= 0.3 is 0 Å². The lowest BCUT2D eigenvalue weighted by Gasteiger charge is -2.36. The molecule has 1 N–H and O–H groups in total. The number of carbonyl (C=O) groups excluding carboxylic acids is 2. The molecular weight excluding hydrogens is 296 g/mol. The number of likely N-dealkylation sites (tertiary alicyclic amines) is 1. The van der Waals surface area contributed by atoms with Crippen LogP contribution in [0.25, 0.3) is 0 Å². The van der Waals surface area contributed by atoms with E-state index in [0.717, 1.165) is 26.1 Å². The quantitative estimate of drug-likeness (QED) is 0.692. The molecule has 0 aromatic rings. The summed E-state index contributed by atoms with van der Waals surface area (Å²) in [6.45, 7) is 3.54. The van der Waals surface area contributed by atoms with Crippen molar-refractivity contribution in [1.29, 1.82) is 0 Å². The Morgan fingerprint density at radius 2 is 2.00 bits per heavy atom. The van der Waals surface area contributed by atoms with Crippen molar-refractivity contribution in [3.63, 3.8) is 0 Å².